The van der Waals surface area contributed by atoms with Crippen LogP contribution in [0.25, 0.3) is 10.9 Å². The fourth-order valence-corrected chi connectivity index (χ4v) is 1.81. The minimum Gasteiger partial charge on any atom is -0.451 e. The Bertz CT molecular complexity index is 759. The van der Waals surface area contributed by atoms with Gasteiger partial charge in [0.25, 0.3) is 5.56 Å². The fraction of sp³-hybridized carbons (Fsp3) is 0.188. The van der Waals surface area contributed by atoms with Crippen molar-refractivity contribution < 1.29 is 9.53 Å². The van der Waals surface area contributed by atoms with E-state index in [4.69, 9.17) is 4.74 Å². The van der Waals surface area contributed by atoms with Crippen LogP contribution in [0.4, 0.5) is 0 Å². The van der Waals surface area contributed by atoms with E-state index in [-0.39, 0.29) is 5.56 Å². The predicted molar refractivity (Wildman–Crippen MR) is 80.8 cm³/mol. The predicted octanol–water partition coefficient (Wildman–Crippen LogP) is 2.66. The number of aromatic nitrogens is 2. The Morgan fingerprint density at radius 1 is 1.33 bits per heavy atom. The summed E-state index contributed by atoms with van der Waals surface area (Å²) < 4.78 is 5.19. The van der Waals surface area contributed by atoms with Crippen LogP contribution in [-0.2, 0) is 9.53 Å². The second-order valence-electron chi connectivity index (χ2n) is 4.43. The lowest BCUT2D eigenvalue weighted by Crippen LogP contribution is -2.16. The number of esters is 1. The van der Waals surface area contributed by atoms with Gasteiger partial charge in [-0.05, 0) is 26.0 Å². The summed E-state index contributed by atoms with van der Waals surface area (Å²) in [5, 5.41) is 0.507. The van der Waals surface area contributed by atoms with Crippen LogP contribution in [0.15, 0.2) is 53.4 Å². The molecule has 5 nitrogen and oxygen atoms in total. The van der Waals surface area contributed by atoms with E-state index in [0.717, 1.165) is 0 Å². The number of aromatic amines is 1. The summed E-state index contributed by atoms with van der Waals surface area (Å²) in [5.41, 5.74) is 0.326. The number of rotatable bonds is 4. The average Bonchev–Trinajstić information content (AvgIpc) is 2.47. The van der Waals surface area contributed by atoms with Gasteiger partial charge in [0.05, 0.1) is 10.9 Å². The van der Waals surface area contributed by atoms with Crippen LogP contribution < -0.4 is 5.56 Å². The second kappa shape index (κ2) is 6.65. The van der Waals surface area contributed by atoms with E-state index in [1.807, 2.05) is 6.92 Å². The molecule has 0 radical (unpaired) electrons. The van der Waals surface area contributed by atoms with E-state index < -0.39 is 12.1 Å². The van der Waals surface area contributed by atoms with Crippen molar-refractivity contribution in [3.05, 3.63) is 64.7 Å². The van der Waals surface area contributed by atoms with Gasteiger partial charge < -0.3 is 9.72 Å². The Labute approximate surface area is 122 Å². The van der Waals surface area contributed by atoms with E-state index in [9.17, 15) is 9.59 Å². The fourth-order valence-electron chi connectivity index (χ4n) is 1.81. The molecule has 0 fully saturated rings. The lowest BCUT2D eigenvalue weighted by atomic mass is 10.2. The number of carbonyl (C=O) groups excluding carboxylic acids is 1. The number of fused-ring (bicyclic) bond motifs is 1. The Morgan fingerprint density at radius 2 is 2.10 bits per heavy atom. The molecule has 0 bridgehead atoms. The minimum absolute atomic E-state index is 0.247. The van der Waals surface area contributed by atoms with Gasteiger partial charge in [-0.1, -0.05) is 30.4 Å². The van der Waals surface area contributed by atoms with Gasteiger partial charge in [-0.15, -0.1) is 0 Å². The van der Waals surface area contributed by atoms with Crippen molar-refractivity contribution in [1.82, 2.24) is 9.97 Å². The molecule has 2 rings (SSSR count). The molecular formula is C16H16N2O3. The highest BCUT2D eigenvalue weighted by molar-refractivity contribution is 5.82. The van der Waals surface area contributed by atoms with E-state index in [1.54, 1.807) is 49.4 Å². The van der Waals surface area contributed by atoms with Crippen LogP contribution in [-0.4, -0.2) is 15.9 Å². The van der Waals surface area contributed by atoms with Gasteiger partial charge in [-0.3, -0.25) is 4.79 Å². The lowest BCUT2D eigenvalue weighted by Gasteiger charge is -2.11. The van der Waals surface area contributed by atoms with Gasteiger partial charge >= 0.3 is 5.97 Å². The number of hydrogen-bond acceptors (Lipinski definition) is 4. The average molecular weight is 284 g/mol. The second-order valence-corrected chi connectivity index (χ2v) is 4.43. The zero-order valence-electron chi connectivity index (χ0n) is 11.9. The molecule has 0 unspecified atom stereocenters. The van der Waals surface area contributed by atoms with Crippen molar-refractivity contribution >= 4 is 16.9 Å². The maximum Gasteiger partial charge on any atom is 0.331 e. The summed E-state index contributed by atoms with van der Waals surface area (Å²) in [7, 11) is 0. The normalized spacial score (nSPS) is 13.0. The van der Waals surface area contributed by atoms with E-state index in [1.165, 1.54) is 6.08 Å². The number of allylic oxidation sites excluding steroid dienone is 3. The third kappa shape index (κ3) is 3.66. The van der Waals surface area contributed by atoms with Gasteiger partial charge in [0.2, 0.25) is 0 Å². The number of hydrogen-bond donors (Lipinski definition) is 1. The first-order chi connectivity index (χ1) is 10.1. The molecule has 0 amide bonds. The highest BCUT2D eigenvalue weighted by atomic mass is 16.5. The van der Waals surface area contributed by atoms with Crippen molar-refractivity contribution in [2.24, 2.45) is 0 Å². The number of nitrogens with zero attached hydrogens (tertiary/aromatic N) is 1. The van der Waals surface area contributed by atoms with Gasteiger partial charge in [0.15, 0.2) is 11.9 Å². The first-order valence-corrected chi connectivity index (χ1v) is 6.60. The van der Waals surface area contributed by atoms with Crippen LogP contribution in [0, 0.1) is 0 Å². The molecule has 2 aromatic rings. The van der Waals surface area contributed by atoms with E-state index >= 15 is 0 Å². The maximum atomic E-state index is 11.9. The van der Waals surface area contributed by atoms with Gasteiger partial charge in [0.1, 0.15) is 0 Å². The third-order valence-electron chi connectivity index (χ3n) is 2.85. The molecule has 1 heterocycles. The Morgan fingerprint density at radius 3 is 2.86 bits per heavy atom. The molecular weight excluding hydrogens is 268 g/mol. The van der Waals surface area contributed by atoms with Gasteiger partial charge in [-0.25, -0.2) is 9.78 Å². The first-order valence-electron chi connectivity index (χ1n) is 6.60. The van der Waals surface area contributed by atoms with Crippen LogP contribution >= 0.6 is 0 Å². The molecule has 0 aliphatic heterocycles. The highest BCUT2D eigenvalue weighted by Crippen LogP contribution is 2.14. The van der Waals surface area contributed by atoms with E-state index in [0.29, 0.717) is 16.7 Å². The van der Waals surface area contributed by atoms with Crippen molar-refractivity contribution in [2.45, 2.75) is 20.0 Å². The number of carbonyl (C=O) groups is 1. The quantitative estimate of drug-likeness (QED) is 0.532. The molecule has 1 aromatic heterocycles. The van der Waals surface area contributed by atoms with E-state index in [2.05, 4.69) is 9.97 Å². The Balaban J connectivity index is 2.21. The SMILES string of the molecule is C/C=C/C=C/C(=O)O[C@H](C)c1nc2ccccc2c(=O)[nH]1. The number of benzene rings is 1. The smallest absolute Gasteiger partial charge is 0.331 e. The van der Waals surface area contributed by atoms with Crippen molar-refractivity contribution in [2.75, 3.05) is 0 Å². The minimum atomic E-state index is -0.634. The van der Waals surface area contributed by atoms with Crippen molar-refractivity contribution in [3.8, 4) is 0 Å². The van der Waals surface area contributed by atoms with Crippen LogP contribution in [0.2, 0.25) is 0 Å². The Kier molecular flexibility index (Phi) is 4.66. The van der Waals surface area contributed by atoms with Gasteiger partial charge in [-0.2, -0.15) is 0 Å². The van der Waals surface area contributed by atoms with Crippen molar-refractivity contribution in [3.63, 3.8) is 0 Å². The van der Waals surface area contributed by atoms with Crippen molar-refractivity contribution in [1.29, 1.82) is 0 Å². The summed E-state index contributed by atoms with van der Waals surface area (Å²) in [4.78, 5) is 30.5. The van der Waals surface area contributed by atoms with Gasteiger partial charge in [0, 0.05) is 6.08 Å². The first kappa shape index (κ1) is 14.7. The third-order valence-corrected chi connectivity index (χ3v) is 2.85. The molecule has 0 saturated heterocycles. The summed E-state index contributed by atoms with van der Waals surface area (Å²) >= 11 is 0. The molecule has 1 N–H and O–H groups in total. The molecule has 0 aliphatic rings. The Hall–Kier alpha value is -2.69. The molecule has 1 aromatic carbocycles. The maximum absolute atomic E-state index is 11.9. The molecule has 0 aliphatic carbocycles. The highest BCUT2D eigenvalue weighted by Gasteiger charge is 2.13. The van der Waals surface area contributed by atoms with Crippen LogP contribution in [0.5, 0.6) is 0 Å². The summed E-state index contributed by atoms with van der Waals surface area (Å²) in [6.45, 7) is 3.51. The summed E-state index contributed by atoms with van der Waals surface area (Å²) in [6, 6.07) is 7.01. The molecule has 108 valence electrons. The van der Waals surface area contributed by atoms with Crippen LogP contribution in [0.3, 0.4) is 0 Å². The zero-order chi connectivity index (χ0) is 15.2. The molecule has 0 saturated carbocycles. The summed E-state index contributed by atoms with van der Waals surface area (Å²) in [5.74, 6) is -0.164. The largest absolute Gasteiger partial charge is 0.451 e. The van der Waals surface area contributed by atoms with Crippen LogP contribution in [0.1, 0.15) is 25.8 Å². The molecule has 1 atom stereocenters. The number of H-pyrrole nitrogens is 1. The standard InChI is InChI=1S/C16H16N2O3/c1-3-4-5-10-14(19)21-11(2)15-17-13-9-7-6-8-12(13)16(20)18-15/h3-11H,1-2H3,(H,17,18,20)/b4-3+,10-5+/t11-/m1/s1. The monoisotopic (exact) mass is 284 g/mol. The number of ether oxygens (including phenoxy) is 1. The zero-order valence-corrected chi connectivity index (χ0v) is 11.9. The molecule has 0 spiro atoms. The molecule has 5 heteroatoms. The number of para-hydroxylation sites is 1. The topological polar surface area (TPSA) is 72.0 Å². The number of nitrogens with one attached hydrogen (secondary N) is 1. The summed E-state index contributed by atoms with van der Waals surface area (Å²) in [6.07, 6.45) is 5.80. The molecule has 21 heavy (non-hydrogen) atoms. The lowest BCUT2D eigenvalue weighted by molar-refractivity contribution is -0.142.